The molecule has 15 nitrogen and oxygen atoms in total. The van der Waals surface area contributed by atoms with Gasteiger partial charge in [-0.3, -0.25) is 24.4 Å². The van der Waals surface area contributed by atoms with Crippen LogP contribution in [-0.4, -0.2) is 95.8 Å². The van der Waals surface area contributed by atoms with Gasteiger partial charge in [-0.05, 0) is 67.2 Å². The Bertz CT molecular complexity index is 2540. The fourth-order valence-corrected chi connectivity index (χ4v) is 8.45. The molecule has 296 valence electrons. The Labute approximate surface area is 329 Å². The molecule has 0 bridgehead atoms. The van der Waals surface area contributed by atoms with Gasteiger partial charge < -0.3 is 35.1 Å². The fourth-order valence-electron chi connectivity index (χ4n) is 8.45. The lowest BCUT2D eigenvalue weighted by atomic mass is 10.0. The molecule has 0 saturated carbocycles. The second-order valence-electron chi connectivity index (χ2n) is 15.9. The van der Waals surface area contributed by atoms with Crippen molar-refractivity contribution in [3.05, 3.63) is 60.4 Å². The van der Waals surface area contributed by atoms with E-state index in [1.165, 1.54) is 14.0 Å². The van der Waals surface area contributed by atoms with Gasteiger partial charge in [-0.1, -0.05) is 39.8 Å². The average Bonchev–Trinajstić information content (AvgIpc) is 4.03. The summed E-state index contributed by atoms with van der Waals surface area (Å²) >= 11 is 0. The average molecular weight is 773 g/mol. The lowest BCUT2D eigenvalue weighted by molar-refractivity contribution is -0.138. The van der Waals surface area contributed by atoms with Crippen LogP contribution in [0.3, 0.4) is 0 Å². The van der Waals surface area contributed by atoms with Crippen molar-refractivity contribution in [3.63, 3.8) is 0 Å². The number of hydrogen-bond acceptors (Lipinski definition) is 9. The predicted octanol–water partition coefficient (Wildman–Crippen LogP) is 6.07. The first-order valence-electron chi connectivity index (χ1n) is 19.7. The van der Waals surface area contributed by atoms with E-state index in [2.05, 4.69) is 26.7 Å². The molecular weight excluding hydrogens is 725 g/mol. The number of nitrogens with one attached hydrogen (secondary N) is 4. The summed E-state index contributed by atoms with van der Waals surface area (Å²) in [7, 11) is 1.29. The summed E-state index contributed by atoms with van der Waals surface area (Å²) in [6, 6.07) is 10.4. The topological polar surface area (TPSA) is 191 Å². The summed E-state index contributed by atoms with van der Waals surface area (Å²) < 4.78 is 4.78. The van der Waals surface area contributed by atoms with Crippen LogP contribution in [0.5, 0.6) is 0 Å². The molecule has 2 saturated heterocycles. The van der Waals surface area contributed by atoms with Gasteiger partial charge in [0.1, 0.15) is 29.2 Å². The normalized spacial score (nSPS) is 18.3. The van der Waals surface area contributed by atoms with Gasteiger partial charge in [-0.25, -0.2) is 14.8 Å². The third-order valence-electron chi connectivity index (χ3n) is 11.4. The zero-order chi connectivity index (χ0) is 40.1. The Morgan fingerprint density at radius 2 is 1.35 bits per heavy atom. The van der Waals surface area contributed by atoms with E-state index in [0.29, 0.717) is 24.7 Å². The quantitative estimate of drug-likeness (QED) is 0.135. The maximum absolute atomic E-state index is 13.7. The number of likely N-dealkylation sites (tertiary alicyclic amines) is 2. The number of pyridine rings is 2. The zero-order valence-corrected chi connectivity index (χ0v) is 33.1. The molecule has 4 atom stereocenters. The standard InChI is InChI=1S/C42H48N10O5/c1-21(2)34(45-23(5)53)40(54)51-15-8-10-33(51)39-47-31-20-44-30-18-25(11-13-26(30)36(31)48-39)29-17-24-12-14-28-37(27(24)19-43-29)49-38(46-28)32-9-7-16-52(32)41(55)35(22(3)4)50-42(56)57-6/h11-14,17-22,32-35H,7-10,15-16H2,1-6H3,(H,45,53)(H,46,49)(H,47,48)(H,50,56)/t32-,33-,34-,35-/m0/s1. The Kier molecular flexibility index (Phi) is 10.0. The first-order valence-corrected chi connectivity index (χ1v) is 19.7. The summed E-state index contributed by atoms with van der Waals surface area (Å²) in [6.45, 7) is 10.3. The van der Waals surface area contributed by atoms with Crippen LogP contribution in [0.15, 0.2) is 48.8 Å². The number of amides is 4. The molecule has 6 heterocycles. The number of nitrogens with zero attached hydrogens (tertiary/aromatic N) is 6. The minimum atomic E-state index is -0.708. The molecule has 0 spiro atoms. The highest BCUT2D eigenvalue weighted by Gasteiger charge is 2.39. The predicted molar refractivity (Wildman–Crippen MR) is 216 cm³/mol. The number of aromatic nitrogens is 6. The molecule has 2 aliphatic rings. The van der Waals surface area contributed by atoms with Gasteiger partial charge in [-0.15, -0.1) is 0 Å². The van der Waals surface area contributed by atoms with Gasteiger partial charge in [0.05, 0.1) is 53.2 Å². The number of aromatic amines is 2. The molecule has 8 rings (SSSR count). The summed E-state index contributed by atoms with van der Waals surface area (Å²) in [5.41, 5.74) is 5.70. The van der Waals surface area contributed by atoms with Crippen LogP contribution < -0.4 is 10.6 Å². The number of H-pyrrole nitrogens is 2. The fraction of sp³-hybridized carbons (Fsp3) is 0.429. The van der Waals surface area contributed by atoms with Crippen molar-refractivity contribution in [1.82, 2.24) is 50.3 Å². The van der Waals surface area contributed by atoms with Crippen molar-refractivity contribution in [2.24, 2.45) is 11.8 Å². The van der Waals surface area contributed by atoms with Crippen molar-refractivity contribution < 1.29 is 23.9 Å². The van der Waals surface area contributed by atoms with E-state index >= 15 is 0 Å². The number of methoxy groups -OCH3 is 1. The Morgan fingerprint density at radius 3 is 1.96 bits per heavy atom. The number of hydrogen-bond donors (Lipinski definition) is 4. The van der Waals surface area contributed by atoms with Crippen LogP contribution in [0.25, 0.3) is 55.0 Å². The summed E-state index contributed by atoms with van der Waals surface area (Å²) in [4.78, 5) is 81.4. The molecule has 4 amide bonds. The van der Waals surface area contributed by atoms with Crippen LogP contribution in [0.1, 0.15) is 84.0 Å². The minimum Gasteiger partial charge on any atom is -0.453 e. The van der Waals surface area contributed by atoms with E-state index in [1.54, 1.807) is 6.20 Å². The maximum atomic E-state index is 13.7. The number of alkyl carbamates (subject to hydrolysis) is 1. The molecule has 6 aromatic rings. The minimum absolute atomic E-state index is 0.0495. The van der Waals surface area contributed by atoms with E-state index in [9.17, 15) is 19.2 Å². The number of rotatable bonds is 9. The molecule has 57 heavy (non-hydrogen) atoms. The van der Waals surface area contributed by atoms with Crippen LogP contribution in [-0.2, 0) is 19.1 Å². The van der Waals surface area contributed by atoms with Gasteiger partial charge >= 0.3 is 6.09 Å². The third-order valence-corrected chi connectivity index (χ3v) is 11.4. The van der Waals surface area contributed by atoms with E-state index in [0.717, 1.165) is 80.7 Å². The van der Waals surface area contributed by atoms with Crippen molar-refractivity contribution in [2.75, 3.05) is 20.2 Å². The van der Waals surface area contributed by atoms with Gasteiger partial charge in [0.15, 0.2) is 0 Å². The number of fused-ring (bicyclic) bond motifs is 6. The molecule has 15 heteroatoms. The SMILES string of the molecule is COC(=O)N[C@H](C(=O)N1CCC[C@H]1c1nc2ccc3cc(-c4ccc5c(c4)ncc4nc([C@@H]6CCCN6C(=O)[C@@H](NC(C)=O)C(C)C)[nH]c45)ncc3c2[nH]1)C(C)C. The third kappa shape index (κ3) is 6.99. The lowest BCUT2D eigenvalue weighted by Crippen LogP contribution is -2.51. The van der Waals surface area contributed by atoms with E-state index in [-0.39, 0.29) is 41.6 Å². The molecule has 0 aliphatic carbocycles. The zero-order valence-electron chi connectivity index (χ0n) is 33.1. The lowest BCUT2D eigenvalue weighted by Gasteiger charge is -2.30. The van der Waals surface area contributed by atoms with Crippen LogP contribution in [0.4, 0.5) is 4.79 Å². The number of imidazole rings is 2. The van der Waals surface area contributed by atoms with Crippen molar-refractivity contribution in [1.29, 1.82) is 0 Å². The number of ether oxygens (including phenoxy) is 1. The van der Waals surface area contributed by atoms with Crippen molar-refractivity contribution in [2.45, 2.75) is 84.5 Å². The molecule has 0 radical (unpaired) electrons. The monoisotopic (exact) mass is 772 g/mol. The summed E-state index contributed by atoms with van der Waals surface area (Å²) in [6.07, 6.45) is 6.20. The smallest absolute Gasteiger partial charge is 0.407 e. The van der Waals surface area contributed by atoms with Crippen LogP contribution >= 0.6 is 0 Å². The van der Waals surface area contributed by atoms with E-state index < -0.39 is 18.2 Å². The van der Waals surface area contributed by atoms with Gasteiger partial charge in [0.2, 0.25) is 17.7 Å². The highest BCUT2D eigenvalue weighted by molar-refractivity contribution is 6.06. The molecule has 2 fully saturated rings. The second kappa shape index (κ2) is 15.1. The Balaban J connectivity index is 1.05. The number of carbonyl (C=O) groups excluding carboxylic acids is 4. The molecule has 4 N–H and O–H groups in total. The van der Waals surface area contributed by atoms with Crippen molar-refractivity contribution >= 4 is 67.6 Å². The van der Waals surface area contributed by atoms with Gasteiger partial charge in [0.25, 0.3) is 0 Å². The van der Waals surface area contributed by atoms with E-state index in [1.807, 2.05) is 74.0 Å². The number of benzene rings is 2. The van der Waals surface area contributed by atoms with Crippen LogP contribution in [0.2, 0.25) is 0 Å². The van der Waals surface area contributed by atoms with Gasteiger partial charge in [-0.2, -0.15) is 0 Å². The molecule has 2 aromatic carbocycles. The van der Waals surface area contributed by atoms with Crippen LogP contribution in [0, 0.1) is 11.8 Å². The molecule has 0 unspecified atom stereocenters. The molecular formula is C42H48N10O5. The summed E-state index contributed by atoms with van der Waals surface area (Å²) in [5.74, 6) is 0.781. The first kappa shape index (κ1) is 37.8. The Hall–Kier alpha value is -6.12. The number of carbonyl (C=O) groups is 4. The first-order chi connectivity index (χ1) is 27.4. The summed E-state index contributed by atoms with van der Waals surface area (Å²) in [5, 5.41) is 8.36. The largest absolute Gasteiger partial charge is 0.453 e. The molecule has 4 aromatic heterocycles. The highest BCUT2D eigenvalue weighted by Crippen LogP contribution is 2.37. The Morgan fingerprint density at radius 1 is 0.737 bits per heavy atom. The van der Waals surface area contributed by atoms with Crippen molar-refractivity contribution in [3.8, 4) is 11.3 Å². The molecule has 2 aliphatic heterocycles. The highest BCUT2D eigenvalue weighted by atomic mass is 16.5. The maximum Gasteiger partial charge on any atom is 0.407 e. The van der Waals surface area contributed by atoms with E-state index in [4.69, 9.17) is 24.7 Å². The second-order valence-corrected chi connectivity index (χ2v) is 15.9. The van der Waals surface area contributed by atoms with Gasteiger partial charge in [0, 0.05) is 42.5 Å².